The molecule has 0 radical (unpaired) electrons. The van der Waals surface area contributed by atoms with Crippen LogP contribution in [0.5, 0.6) is 0 Å². The maximum Gasteiger partial charge on any atom is 0.408 e. The highest BCUT2D eigenvalue weighted by atomic mass is 16.6. The summed E-state index contributed by atoms with van der Waals surface area (Å²) in [5.41, 5.74) is 0.632. The first-order valence-electron chi connectivity index (χ1n) is 8.68. The standard InChI is InChI=1S/C11H19NO5.C7H12N2/c1-4-6-17-11(15)12-9(7-8(3)13)10(14)16-5-2;1-2-6(8)7-4-3-5-9-7/h4,8-9,13H,1,5-7H2,2-3H3,(H,12,15);2,7-9H,1,3-5H2. The second-order valence-corrected chi connectivity index (χ2v) is 5.73. The van der Waals surface area contributed by atoms with Crippen LogP contribution in [-0.4, -0.2) is 60.8 Å². The number of aliphatic hydroxyl groups is 1. The van der Waals surface area contributed by atoms with Crippen molar-refractivity contribution in [3.63, 3.8) is 0 Å². The van der Waals surface area contributed by atoms with Crippen molar-refractivity contribution in [2.75, 3.05) is 19.8 Å². The number of rotatable bonds is 9. The van der Waals surface area contributed by atoms with Crippen LogP contribution >= 0.6 is 0 Å². The summed E-state index contributed by atoms with van der Waals surface area (Å²) in [5.74, 6) is -0.594. The van der Waals surface area contributed by atoms with Gasteiger partial charge in [-0.05, 0) is 39.3 Å². The summed E-state index contributed by atoms with van der Waals surface area (Å²) in [5, 5.41) is 22.1. The van der Waals surface area contributed by atoms with E-state index in [0.29, 0.717) is 11.8 Å². The van der Waals surface area contributed by atoms with Crippen LogP contribution in [0.4, 0.5) is 4.79 Å². The Morgan fingerprint density at radius 1 is 1.42 bits per heavy atom. The smallest absolute Gasteiger partial charge is 0.408 e. The molecular weight excluding hydrogens is 338 g/mol. The van der Waals surface area contributed by atoms with Gasteiger partial charge in [-0.2, -0.15) is 0 Å². The molecule has 0 aromatic rings. The molecule has 0 spiro atoms. The molecule has 1 rings (SSSR count). The lowest BCUT2D eigenvalue weighted by atomic mass is 10.1. The number of nitrogens with one attached hydrogen (secondary N) is 3. The molecule has 0 saturated carbocycles. The van der Waals surface area contributed by atoms with E-state index in [-0.39, 0.29) is 19.6 Å². The Hall–Kier alpha value is -2.19. The van der Waals surface area contributed by atoms with Crippen LogP contribution < -0.4 is 10.6 Å². The van der Waals surface area contributed by atoms with E-state index in [9.17, 15) is 14.7 Å². The van der Waals surface area contributed by atoms with Crippen LogP contribution in [0.25, 0.3) is 0 Å². The van der Waals surface area contributed by atoms with Crippen molar-refractivity contribution in [1.29, 1.82) is 5.41 Å². The number of carbonyl (C=O) groups excluding carboxylic acids is 2. The van der Waals surface area contributed by atoms with Gasteiger partial charge in [-0.1, -0.05) is 19.2 Å². The van der Waals surface area contributed by atoms with E-state index >= 15 is 0 Å². The Morgan fingerprint density at radius 2 is 2.12 bits per heavy atom. The summed E-state index contributed by atoms with van der Waals surface area (Å²) in [4.78, 5) is 22.7. The zero-order valence-corrected chi connectivity index (χ0v) is 15.6. The maximum absolute atomic E-state index is 11.5. The predicted molar refractivity (Wildman–Crippen MR) is 100 cm³/mol. The summed E-state index contributed by atoms with van der Waals surface area (Å²) >= 11 is 0. The molecule has 0 bridgehead atoms. The third-order valence-corrected chi connectivity index (χ3v) is 3.43. The molecule has 1 amide bonds. The Balaban J connectivity index is 0.000000577. The summed E-state index contributed by atoms with van der Waals surface area (Å²) in [6.07, 6.45) is 3.91. The highest BCUT2D eigenvalue weighted by molar-refractivity contribution is 5.96. The molecule has 148 valence electrons. The number of amides is 1. The number of esters is 1. The van der Waals surface area contributed by atoms with Crippen molar-refractivity contribution in [3.05, 3.63) is 25.3 Å². The molecule has 1 aliphatic heterocycles. The van der Waals surface area contributed by atoms with Gasteiger partial charge in [0.15, 0.2) is 0 Å². The molecule has 1 aliphatic rings. The maximum atomic E-state index is 11.5. The van der Waals surface area contributed by atoms with Crippen LogP contribution in [0, 0.1) is 5.41 Å². The average molecular weight is 369 g/mol. The zero-order valence-electron chi connectivity index (χ0n) is 15.6. The topological polar surface area (TPSA) is 121 Å². The van der Waals surface area contributed by atoms with Crippen LogP contribution in [0.2, 0.25) is 0 Å². The minimum atomic E-state index is -0.910. The van der Waals surface area contributed by atoms with E-state index in [4.69, 9.17) is 10.1 Å². The van der Waals surface area contributed by atoms with Crippen molar-refractivity contribution in [3.8, 4) is 0 Å². The summed E-state index contributed by atoms with van der Waals surface area (Å²) < 4.78 is 9.44. The Bertz CT molecular complexity index is 473. The number of aliphatic hydroxyl groups excluding tert-OH is 1. The van der Waals surface area contributed by atoms with Gasteiger partial charge in [-0.25, -0.2) is 9.59 Å². The van der Waals surface area contributed by atoms with E-state index in [1.807, 2.05) is 0 Å². The fourth-order valence-corrected chi connectivity index (χ4v) is 2.21. The van der Waals surface area contributed by atoms with Crippen molar-refractivity contribution in [2.24, 2.45) is 0 Å². The molecule has 4 N–H and O–H groups in total. The first-order chi connectivity index (χ1) is 12.3. The number of hydrogen-bond donors (Lipinski definition) is 4. The molecule has 3 atom stereocenters. The average Bonchev–Trinajstić information content (AvgIpc) is 3.13. The van der Waals surface area contributed by atoms with E-state index < -0.39 is 24.2 Å². The summed E-state index contributed by atoms with van der Waals surface area (Å²) in [6, 6.07) is -0.616. The fourth-order valence-electron chi connectivity index (χ4n) is 2.21. The molecule has 8 nitrogen and oxygen atoms in total. The Labute approximate surface area is 155 Å². The lowest BCUT2D eigenvalue weighted by Crippen LogP contribution is -2.43. The van der Waals surface area contributed by atoms with Gasteiger partial charge in [0.05, 0.1) is 12.7 Å². The Kier molecular flexibility index (Phi) is 12.8. The van der Waals surface area contributed by atoms with Gasteiger partial charge in [-0.15, -0.1) is 0 Å². The van der Waals surface area contributed by atoms with Crippen molar-refractivity contribution < 1.29 is 24.2 Å². The van der Waals surface area contributed by atoms with Crippen LogP contribution in [0.1, 0.15) is 33.1 Å². The third kappa shape index (κ3) is 10.6. The summed E-state index contributed by atoms with van der Waals surface area (Å²) in [6.45, 7) is 11.4. The van der Waals surface area contributed by atoms with E-state index in [1.54, 1.807) is 13.0 Å². The molecule has 1 saturated heterocycles. The largest absolute Gasteiger partial charge is 0.464 e. The third-order valence-electron chi connectivity index (χ3n) is 3.43. The van der Waals surface area contributed by atoms with Gasteiger partial charge >= 0.3 is 12.1 Å². The molecule has 26 heavy (non-hydrogen) atoms. The number of ether oxygens (including phenoxy) is 2. The van der Waals surface area contributed by atoms with Crippen molar-refractivity contribution in [1.82, 2.24) is 10.6 Å². The van der Waals surface area contributed by atoms with Gasteiger partial charge in [0.2, 0.25) is 0 Å². The van der Waals surface area contributed by atoms with E-state index in [2.05, 4.69) is 28.5 Å². The molecule has 1 heterocycles. The van der Waals surface area contributed by atoms with Crippen LogP contribution in [0.15, 0.2) is 25.3 Å². The molecule has 0 aromatic heterocycles. The highest BCUT2D eigenvalue weighted by Gasteiger charge is 2.24. The zero-order chi connectivity index (χ0) is 19.9. The van der Waals surface area contributed by atoms with Crippen molar-refractivity contribution in [2.45, 2.75) is 51.3 Å². The highest BCUT2D eigenvalue weighted by Crippen LogP contribution is 2.05. The van der Waals surface area contributed by atoms with Gasteiger partial charge in [0, 0.05) is 18.2 Å². The monoisotopic (exact) mass is 369 g/mol. The van der Waals surface area contributed by atoms with Gasteiger partial charge in [0.1, 0.15) is 12.6 Å². The minimum Gasteiger partial charge on any atom is -0.464 e. The SMILES string of the molecule is C=CC(=N)C1CCCN1.C=CCOC(=O)NC(CC(C)O)C(=O)OCC. The van der Waals surface area contributed by atoms with Crippen LogP contribution in [0.3, 0.4) is 0 Å². The second kappa shape index (κ2) is 14.0. The minimum absolute atomic E-state index is 0.0516. The molecule has 1 fully saturated rings. The molecular formula is C18H31N3O5. The van der Waals surface area contributed by atoms with Gasteiger partial charge < -0.3 is 30.6 Å². The fraction of sp³-hybridized carbons (Fsp3) is 0.611. The first kappa shape index (κ1) is 23.8. The number of carbonyl (C=O) groups is 2. The molecule has 3 unspecified atom stereocenters. The van der Waals surface area contributed by atoms with Gasteiger partial charge in [0.25, 0.3) is 0 Å². The lowest BCUT2D eigenvalue weighted by molar-refractivity contribution is -0.146. The number of alkyl carbamates (subject to hydrolysis) is 1. The quantitative estimate of drug-likeness (QED) is 0.278. The normalized spacial score (nSPS) is 17.7. The second-order valence-electron chi connectivity index (χ2n) is 5.73. The molecule has 0 aliphatic carbocycles. The lowest BCUT2D eigenvalue weighted by Gasteiger charge is -2.18. The van der Waals surface area contributed by atoms with Crippen LogP contribution in [-0.2, 0) is 14.3 Å². The van der Waals surface area contributed by atoms with Gasteiger partial charge in [-0.3, -0.25) is 0 Å². The summed E-state index contributed by atoms with van der Waals surface area (Å²) in [7, 11) is 0. The van der Waals surface area contributed by atoms with Crippen molar-refractivity contribution >= 4 is 17.8 Å². The van der Waals surface area contributed by atoms with E-state index in [0.717, 1.165) is 13.0 Å². The molecule has 0 aromatic carbocycles. The molecule has 8 heteroatoms. The Morgan fingerprint density at radius 3 is 2.58 bits per heavy atom. The first-order valence-corrected chi connectivity index (χ1v) is 8.68. The predicted octanol–water partition coefficient (Wildman–Crippen LogP) is 1.55. The number of hydrogen-bond acceptors (Lipinski definition) is 7. The van der Waals surface area contributed by atoms with E-state index in [1.165, 1.54) is 19.4 Å².